The zero-order chi connectivity index (χ0) is 16.9. The van der Waals surface area contributed by atoms with Gasteiger partial charge in [0, 0.05) is 18.4 Å². The highest BCUT2D eigenvalue weighted by Gasteiger charge is 2.39. The van der Waals surface area contributed by atoms with Gasteiger partial charge in [0.2, 0.25) is 0 Å². The maximum atomic E-state index is 13.2. The van der Waals surface area contributed by atoms with Crippen LogP contribution in [0, 0.1) is 0 Å². The van der Waals surface area contributed by atoms with E-state index in [0.29, 0.717) is 16.4 Å². The number of aromatic nitrogens is 3. The van der Waals surface area contributed by atoms with Gasteiger partial charge in [-0.1, -0.05) is 11.6 Å². The average Bonchev–Trinajstić information content (AvgIpc) is 3.32. The summed E-state index contributed by atoms with van der Waals surface area (Å²) in [6.45, 7) is 0. The first kappa shape index (κ1) is 15.9. The smallest absolute Gasteiger partial charge is 0.247 e. The Labute approximate surface area is 152 Å². The predicted molar refractivity (Wildman–Crippen MR) is 94.8 cm³/mol. The van der Waals surface area contributed by atoms with E-state index in [9.17, 15) is 8.42 Å². The van der Waals surface area contributed by atoms with Gasteiger partial charge in [-0.25, -0.2) is 22.2 Å². The Morgan fingerprint density at radius 3 is 2.71 bits per heavy atom. The lowest BCUT2D eigenvalue weighted by Gasteiger charge is -2.23. The van der Waals surface area contributed by atoms with Gasteiger partial charge in [0.1, 0.15) is 5.82 Å². The predicted octanol–water partition coefficient (Wildman–Crippen LogP) is 3.50. The van der Waals surface area contributed by atoms with Crippen LogP contribution < -0.4 is 4.31 Å². The van der Waals surface area contributed by atoms with Crippen molar-refractivity contribution in [3.05, 3.63) is 52.4 Å². The van der Waals surface area contributed by atoms with Crippen molar-refractivity contribution in [3.8, 4) is 0 Å². The highest BCUT2D eigenvalue weighted by Crippen LogP contribution is 2.36. The largest absolute Gasteiger partial charge is 0.265 e. The third-order valence-corrected chi connectivity index (χ3v) is 6.51. The monoisotopic (exact) mass is 426 g/mol. The molecule has 0 spiro atoms. The Bertz CT molecular complexity index is 1020. The van der Waals surface area contributed by atoms with Gasteiger partial charge in [-0.05, 0) is 53.0 Å². The molecule has 0 aromatic carbocycles. The molecule has 1 fully saturated rings. The van der Waals surface area contributed by atoms with Crippen LogP contribution in [0.3, 0.4) is 0 Å². The molecule has 4 rings (SSSR count). The van der Waals surface area contributed by atoms with E-state index in [0.717, 1.165) is 17.3 Å². The van der Waals surface area contributed by atoms with Gasteiger partial charge in [-0.15, -0.1) is 0 Å². The molecule has 1 aliphatic rings. The lowest BCUT2D eigenvalue weighted by atomic mass is 10.4. The molecule has 0 bridgehead atoms. The molecule has 9 heteroatoms. The number of sulfonamides is 1. The van der Waals surface area contributed by atoms with Crippen molar-refractivity contribution in [2.75, 3.05) is 4.31 Å². The summed E-state index contributed by atoms with van der Waals surface area (Å²) >= 11 is 9.25. The normalized spacial score (nSPS) is 14.9. The van der Waals surface area contributed by atoms with Gasteiger partial charge in [-0.2, -0.15) is 5.10 Å². The summed E-state index contributed by atoms with van der Waals surface area (Å²) in [5.74, 6) is 0.384. The summed E-state index contributed by atoms with van der Waals surface area (Å²) in [6, 6.07) is 6.37. The molecule has 24 heavy (non-hydrogen) atoms. The molecule has 3 aromatic heterocycles. The zero-order valence-corrected chi connectivity index (χ0v) is 15.5. The highest BCUT2D eigenvalue weighted by atomic mass is 79.9. The van der Waals surface area contributed by atoms with Crippen LogP contribution in [-0.4, -0.2) is 29.1 Å². The third kappa shape index (κ3) is 2.68. The number of nitrogens with zero attached hydrogens (tertiary/aromatic N) is 4. The maximum Gasteiger partial charge on any atom is 0.265 e. The molecule has 0 atom stereocenters. The minimum absolute atomic E-state index is 0.0618. The van der Waals surface area contributed by atoms with Crippen molar-refractivity contribution in [1.29, 1.82) is 0 Å². The Balaban J connectivity index is 1.83. The van der Waals surface area contributed by atoms with Crippen LogP contribution in [0.1, 0.15) is 12.8 Å². The standard InChI is InChI=1S/C15H12BrClN4O2S/c16-13-9-19-20-6-5-12(7-14(13)20)24(22,23)21(11-2-3-11)15-4-1-10(17)8-18-15/h1,4-9,11H,2-3H2. The average molecular weight is 428 g/mol. The van der Waals surface area contributed by atoms with E-state index in [-0.39, 0.29) is 10.9 Å². The van der Waals surface area contributed by atoms with Crippen molar-refractivity contribution in [1.82, 2.24) is 14.6 Å². The first-order valence-electron chi connectivity index (χ1n) is 7.26. The molecule has 0 unspecified atom stereocenters. The van der Waals surface area contributed by atoms with Crippen LogP contribution in [-0.2, 0) is 10.0 Å². The Morgan fingerprint density at radius 1 is 1.25 bits per heavy atom. The number of hydrogen-bond donors (Lipinski definition) is 0. The van der Waals surface area contributed by atoms with Gasteiger partial charge in [0.25, 0.3) is 10.0 Å². The Hall–Kier alpha value is -1.64. The topological polar surface area (TPSA) is 67.6 Å². The maximum absolute atomic E-state index is 13.2. The van der Waals surface area contributed by atoms with Crippen LogP contribution in [0.2, 0.25) is 5.02 Å². The summed E-state index contributed by atoms with van der Waals surface area (Å²) in [4.78, 5) is 4.40. The molecule has 0 radical (unpaired) electrons. The first-order valence-corrected chi connectivity index (χ1v) is 9.87. The van der Waals surface area contributed by atoms with Crippen molar-refractivity contribution >= 4 is 48.9 Å². The summed E-state index contributed by atoms with van der Waals surface area (Å²) in [7, 11) is -3.72. The zero-order valence-electron chi connectivity index (χ0n) is 12.3. The van der Waals surface area contributed by atoms with E-state index >= 15 is 0 Å². The van der Waals surface area contributed by atoms with E-state index in [4.69, 9.17) is 11.6 Å². The molecule has 3 aromatic rings. The van der Waals surface area contributed by atoms with Crippen molar-refractivity contribution in [3.63, 3.8) is 0 Å². The first-order chi connectivity index (χ1) is 11.5. The molecule has 0 amide bonds. The van der Waals surface area contributed by atoms with Gasteiger partial charge in [0.05, 0.1) is 26.1 Å². The summed E-state index contributed by atoms with van der Waals surface area (Å²) in [5.41, 5.74) is 0.691. The third-order valence-electron chi connectivity index (χ3n) is 3.82. The quantitative estimate of drug-likeness (QED) is 0.639. The Kier molecular flexibility index (Phi) is 3.78. The lowest BCUT2D eigenvalue weighted by Crippen LogP contribution is -2.33. The number of fused-ring (bicyclic) bond motifs is 1. The lowest BCUT2D eigenvalue weighted by molar-refractivity contribution is 0.589. The molecule has 0 saturated heterocycles. The molecule has 1 aliphatic carbocycles. The Morgan fingerprint density at radius 2 is 2.04 bits per heavy atom. The van der Waals surface area contributed by atoms with Crippen molar-refractivity contribution in [2.24, 2.45) is 0 Å². The molecule has 0 N–H and O–H groups in total. The van der Waals surface area contributed by atoms with E-state index in [1.54, 1.807) is 41.2 Å². The number of anilines is 1. The van der Waals surface area contributed by atoms with Crippen LogP contribution in [0.4, 0.5) is 5.82 Å². The molecule has 6 nitrogen and oxygen atoms in total. The SMILES string of the molecule is O=S(=O)(c1ccn2ncc(Br)c2c1)N(c1ccc(Cl)cn1)C1CC1. The number of hydrogen-bond acceptors (Lipinski definition) is 4. The minimum Gasteiger partial charge on any atom is -0.247 e. The van der Waals surface area contributed by atoms with Gasteiger partial charge < -0.3 is 0 Å². The van der Waals surface area contributed by atoms with Gasteiger partial charge >= 0.3 is 0 Å². The van der Waals surface area contributed by atoms with Crippen LogP contribution >= 0.6 is 27.5 Å². The molecular formula is C15H12BrClN4O2S. The van der Waals surface area contributed by atoms with Crippen molar-refractivity contribution < 1.29 is 8.42 Å². The second-order valence-corrected chi connectivity index (χ2v) is 8.66. The van der Waals surface area contributed by atoms with Crippen LogP contribution in [0.25, 0.3) is 5.52 Å². The summed E-state index contributed by atoms with van der Waals surface area (Å²) in [6.07, 6.45) is 6.36. The van der Waals surface area contributed by atoms with Gasteiger partial charge in [0.15, 0.2) is 0 Å². The molecular weight excluding hydrogens is 416 g/mol. The minimum atomic E-state index is -3.72. The molecule has 1 saturated carbocycles. The fourth-order valence-electron chi connectivity index (χ4n) is 2.52. The highest BCUT2D eigenvalue weighted by molar-refractivity contribution is 9.10. The fourth-order valence-corrected chi connectivity index (χ4v) is 4.70. The summed E-state index contributed by atoms with van der Waals surface area (Å²) in [5, 5.41) is 4.60. The molecule has 0 aliphatic heterocycles. The van der Waals surface area contributed by atoms with Gasteiger partial charge in [-0.3, -0.25) is 0 Å². The molecule has 3 heterocycles. The van der Waals surface area contributed by atoms with E-state index in [1.165, 1.54) is 10.5 Å². The molecule has 124 valence electrons. The van der Waals surface area contributed by atoms with E-state index < -0.39 is 10.0 Å². The van der Waals surface area contributed by atoms with E-state index in [2.05, 4.69) is 26.0 Å². The van der Waals surface area contributed by atoms with Crippen molar-refractivity contribution in [2.45, 2.75) is 23.8 Å². The number of rotatable bonds is 4. The second-order valence-electron chi connectivity index (χ2n) is 5.55. The van der Waals surface area contributed by atoms with Crippen LogP contribution in [0.5, 0.6) is 0 Å². The van der Waals surface area contributed by atoms with E-state index in [1.807, 2.05) is 0 Å². The summed E-state index contributed by atoms with van der Waals surface area (Å²) < 4.78 is 30.1. The van der Waals surface area contributed by atoms with Crippen LogP contribution in [0.15, 0.2) is 52.2 Å². The fraction of sp³-hybridized carbons (Fsp3) is 0.200. The number of pyridine rings is 2. The number of halogens is 2. The second kappa shape index (κ2) is 5.72.